The summed E-state index contributed by atoms with van der Waals surface area (Å²) in [5, 5.41) is 16.9. The normalized spacial score (nSPS) is 11.7. The van der Waals surface area contributed by atoms with Crippen molar-refractivity contribution in [3.8, 4) is 5.75 Å². The molecular weight excluding hydrogens is 426 g/mol. The molecule has 9 heteroatoms. The molecule has 138 valence electrons. The SMILES string of the molecule is COc1ccc(C(C)NCC(=O)Nc2ccc(Cl)cc2[N+](=O)[O-])cc1Br. The van der Waals surface area contributed by atoms with Crippen LogP contribution in [-0.2, 0) is 4.79 Å². The molecule has 0 saturated carbocycles. The Balaban J connectivity index is 1.99. The number of rotatable bonds is 7. The summed E-state index contributed by atoms with van der Waals surface area (Å²) >= 11 is 9.18. The van der Waals surface area contributed by atoms with Crippen molar-refractivity contribution in [3.05, 3.63) is 61.6 Å². The van der Waals surface area contributed by atoms with Gasteiger partial charge in [0.1, 0.15) is 11.4 Å². The summed E-state index contributed by atoms with van der Waals surface area (Å²) in [6, 6.07) is 9.60. The van der Waals surface area contributed by atoms with Crippen LogP contribution in [0.5, 0.6) is 5.75 Å². The molecule has 0 saturated heterocycles. The Labute approximate surface area is 164 Å². The van der Waals surface area contributed by atoms with Gasteiger partial charge in [0, 0.05) is 17.1 Å². The van der Waals surface area contributed by atoms with Gasteiger partial charge in [0.05, 0.1) is 23.1 Å². The number of hydrogen-bond acceptors (Lipinski definition) is 5. The number of anilines is 1. The summed E-state index contributed by atoms with van der Waals surface area (Å²) in [6.45, 7) is 1.90. The molecule has 0 aliphatic carbocycles. The minimum Gasteiger partial charge on any atom is -0.496 e. The van der Waals surface area contributed by atoms with Crippen LogP contribution < -0.4 is 15.4 Å². The number of nitro groups is 1. The lowest BCUT2D eigenvalue weighted by Crippen LogP contribution is -2.30. The molecule has 26 heavy (non-hydrogen) atoms. The second-order valence-corrected chi connectivity index (χ2v) is 6.75. The van der Waals surface area contributed by atoms with E-state index in [0.717, 1.165) is 10.0 Å². The molecule has 0 heterocycles. The molecule has 7 nitrogen and oxygen atoms in total. The Morgan fingerprint density at radius 3 is 2.69 bits per heavy atom. The lowest BCUT2D eigenvalue weighted by Gasteiger charge is -2.15. The molecule has 1 unspecified atom stereocenters. The molecule has 0 aromatic heterocycles. The van der Waals surface area contributed by atoms with Crippen molar-refractivity contribution in [1.82, 2.24) is 5.32 Å². The molecule has 2 aromatic carbocycles. The average molecular weight is 443 g/mol. The van der Waals surface area contributed by atoms with Crippen molar-refractivity contribution in [3.63, 3.8) is 0 Å². The van der Waals surface area contributed by atoms with Crippen molar-refractivity contribution in [2.45, 2.75) is 13.0 Å². The Bertz CT molecular complexity index is 832. The Kier molecular flexibility index (Phi) is 6.96. The van der Waals surface area contributed by atoms with Crippen molar-refractivity contribution in [2.24, 2.45) is 0 Å². The van der Waals surface area contributed by atoms with Crippen molar-refractivity contribution < 1.29 is 14.5 Å². The number of carbonyl (C=O) groups excluding carboxylic acids is 1. The predicted molar refractivity (Wildman–Crippen MR) is 104 cm³/mol. The molecule has 0 radical (unpaired) electrons. The highest BCUT2D eigenvalue weighted by Gasteiger charge is 2.17. The summed E-state index contributed by atoms with van der Waals surface area (Å²) in [4.78, 5) is 22.6. The molecule has 2 rings (SSSR count). The molecule has 2 N–H and O–H groups in total. The van der Waals surface area contributed by atoms with Crippen LogP contribution in [0.15, 0.2) is 40.9 Å². The molecule has 0 aliphatic heterocycles. The van der Waals surface area contributed by atoms with Gasteiger partial charge in [0.25, 0.3) is 5.69 Å². The zero-order valence-corrected chi connectivity index (χ0v) is 16.4. The summed E-state index contributed by atoms with van der Waals surface area (Å²) in [5.74, 6) is 0.323. The maximum atomic E-state index is 12.1. The van der Waals surface area contributed by atoms with E-state index in [1.807, 2.05) is 25.1 Å². The zero-order chi connectivity index (χ0) is 19.3. The fourth-order valence-corrected chi connectivity index (χ4v) is 3.00. The second-order valence-electron chi connectivity index (χ2n) is 5.46. The van der Waals surface area contributed by atoms with E-state index in [0.29, 0.717) is 5.75 Å². The maximum absolute atomic E-state index is 12.1. The number of nitro benzene ring substituents is 1. The van der Waals surface area contributed by atoms with E-state index in [1.54, 1.807) is 7.11 Å². The van der Waals surface area contributed by atoms with Crippen LogP contribution in [0.1, 0.15) is 18.5 Å². The van der Waals surface area contributed by atoms with Crippen LogP contribution in [0.2, 0.25) is 5.02 Å². The molecule has 0 fully saturated rings. The zero-order valence-electron chi connectivity index (χ0n) is 14.1. The fourth-order valence-electron chi connectivity index (χ4n) is 2.27. The van der Waals surface area contributed by atoms with E-state index in [-0.39, 0.29) is 29.0 Å². The van der Waals surface area contributed by atoms with Crippen molar-refractivity contribution in [2.75, 3.05) is 19.0 Å². The Morgan fingerprint density at radius 2 is 2.08 bits per heavy atom. The molecule has 0 spiro atoms. The van der Waals surface area contributed by atoms with Crippen molar-refractivity contribution >= 4 is 44.8 Å². The minimum absolute atomic E-state index is 0.00933. The quantitative estimate of drug-likeness (QED) is 0.492. The number of ether oxygens (including phenoxy) is 1. The number of amides is 1. The first-order chi connectivity index (χ1) is 12.3. The van der Waals surface area contributed by atoms with Gasteiger partial charge in [-0.3, -0.25) is 14.9 Å². The Hall–Kier alpha value is -2.16. The highest BCUT2D eigenvalue weighted by atomic mass is 79.9. The summed E-state index contributed by atoms with van der Waals surface area (Å²) in [5.41, 5.74) is 0.812. The van der Waals surface area contributed by atoms with Gasteiger partial charge >= 0.3 is 0 Å². The highest BCUT2D eigenvalue weighted by molar-refractivity contribution is 9.10. The van der Waals surface area contributed by atoms with Crippen LogP contribution in [0, 0.1) is 10.1 Å². The van der Waals surface area contributed by atoms with E-state index >= 15 is 0 Å². The van der Waals surface area contributed by atoms with Crippen molar-refractivity contribution in [1.29, 1.82) is 0 Å². The topological polar surface area (TPSA) is 93.5 Å². The van der Waals surface area contributed by atoms with Crippen LogP contribution in [0.3, 0.4) is 0 Å². The molecule has 0 bridgehead atoms. The van der Waals surface area contributed by atoms with Crippen LogP contribution in [0.25, 0.3) is 0 Å². The monoisotopic (exact) mass is 441 g/mol. The number of nitrogens with zero attached hydrogens (tertiary/aromatic N) is 1. The maximum Gasteiger partial charge on any atom is 0.294 e. The first-order valence-corrected chi connectivity index (χ1v) is 8.79. The van der Waals surface area contributed by atoms with E-state index in [2.05, 4.69) is 26.6 Å². The second kappa shape index (κ2) is 8.98. The van der Waals surface area contributed by atoms with Gasteiger partial charge in [-0.25, -0.2) is 0 Å². The molecular formula is C17H17BrClN3O4. The Morgan fingerprint density at radius 1 is 1.35 bits per heavy atom. The number of methoxy groups -OCH3 is 1. The number of benzene rings is 2. The third kappa shape index (κ3) is 5.17. The summed E-state index contributed by atoms with van der Waals surface area (Å²) in [7, 11) is 1.59. The van der Waals surface area contributed by atoms with Gasteiger partial charge in [-0.2, -0.15) is 0 Å². The van der Waals surface area contributed by atoms with Crippen LogP contribution in [-0.4, -0.2) is 24.5 Å². The number of carbonyl (C=O) groups is 1. The van der Waals surface area contributed by atoms with Gasteiger partial charge in [-0.05, 0) is 52.7 Å². The largest absolute Gasteiger partial charge is 0.496 e. The van der Waals surface area contributed by atoms with Gasteiger partial charge in [-0.1, -0.05) is 17.7 Å². The first kappa shape index (κ1) is 20.2. The van der Waals surface area contributed by atoms with E-state index in [9.17, 15) is 14.9 Å². The van der Waals surface area contributed by atoms with Crippen LogP contribution in [0.4, 0.5) is 11.4 Å². The van der Waals surface area contributed by atoms with E-state index < -0.39 is 10.8 Å². The summed E-state index contributed by atoms with van der Waals surface area (Å²) < 4.78 is 6.00. The highest BCUT2D eigenvalue weighted by Crippen LogP contribution is 2.29. The van der Waals surface area contributed by atoms with Gasteiger partial charge in [-0.15, -0.1) is 0 Å². The average Bonchev–Trinajstić information content (AvgIpc) is 2.60. The van der Waals surface area contributed by atoms with Gasteiger partial charge < -0.3 is 15.4 Å². The van der Waals surface area contributed by atoms with E-state index in [1.165, 1.54) is 18.2 Å². The smallest absolute Gasteiger partial charge is 0.294 e. The number of nitrogens with one attached hydrogen (secondary N) is 2. The molecule has 0 aliphatic rings. The standard InChI is InChI=1S/C17H17BrClN3O4/c1-10(11-3-6-16(26-2)13(18)7-11)20-9-17(23)21-14-5-4-12(19)8-15(14)22(24)25/h3-8,10,20H,9H2,1-2H3,(H,21,23). The molecule has 1 atom stereocenters. The van der Waals surface area contributed by atoms with Gasteiger partial charge in [0.15, 0.2) is 0 Å². The number of halogens is 2. The fraction of sp³-hybridized carbons (Fsp3) is 0.235. The first-order valence-electron chi connectivity index (χ1n) is 7.62. The summed E-state index contributed by atoms with van der Waals surface area (Å²) in [6.07, 6.45) is 0. The van der Waals surface area contributed by atoms with Crippen LogP contribution >= 0.6 is 27.5 Å². The lowest BCUT2D eigenvalue weighted by molar-refractivity contribution is -0.383. The minimum atomic E-state index is -0.591. The molecule has 2 aromatic rings. The number of hydrogen-bond donors (Lipinski definition) is 2. The van der Waals surface area contributed by atoms with E-state index in [4.69, 9.17) is 16.3 Å². The predicted octanol–water partition coefficient (Wildman–Crippen LogP) is 4.31. The van der Waals surface area contributed by atoms with Gasteiger partial charge in [0.2, 0.25) is 5.91 Å². The lowest BCUT2D eigenvalue weighted by atomic mass is 10.1. The third-order valence-electron chi connectivity index (χ3n) is 3.68. The molecule has 1 amide bonds. The third-order valence-corrected chi connectivity index (χ3v) is 4.53.